The molecule has 1 nitrogen and oxygen atoms in total. The molecule has 1 N–H and O–H groups in total. The molecule has 1 rings (SSSR count). The predicted octanol–water partition coefficient (Wildman–Crippen LogP) is 3.87. The summed E-state index contributed by atoms with van der Waals surface area (Å²) in [5.41, 5.74) is 0.985. The summed E-state index contributed by atoms with van der Waals surface area (Å²) in [4.78, 5) is 0. The molecule has 0 aromatic heterocycles. The lowest BCUT2D eigenvalue weighted by molar-refractivity contribution is 0.507. The van der Waals surface area contributed by atoms with Crippen molar-refractivity contribution in [1.82, 2.24) is 5.32 Å². The van der Waals surface area contributed by atoms with Gasteiger partial charge in [-0.05, 0) is 47.0 Å². The normalized spacial score (nSPS) is 12.8. The van der Waals surface area contributed by atoms with E-state index in [0.29, 0.717) is 10.5 Å². The SMILES string of the molecule is CCCC(C)NCc1ccc(Br)c(F)c1. The first-order valence-corrected chi connectivity index (χ1v) is 6.10. The molecule has 0 radical (unpaired) electrons. The Morgan fingerprint density at radius 2 is 2.20 bits per heavy atom. The molecule has 0 bridgehead atoms. The van der Waals surface area contributed by atoms with E-state index < -0.39 is 0 Å². The maximum atomic E-state index is 13.2. The highest BCUT2D eigenvalue weighted by molar-refractivity contribution is 9.10. The fourth-order valence-corrected chi connectivity index (χ4v) is 1.72. The molecular weight excluding hydrogens is 257 g/mol. The summed E-state index contributed by atoms with van der Waals surface area (Å²) in [6.45, 7) is 5.04. The smallest absolute Gasteiger partial charge is 0.137 e. The lowest BCUT2D eigenvalue weighted by atomic mass is 10.1. The van der Waals surface area contributed by atoms with E-state index in [9.17, 15) is 4.39 Å². The fraction of sp³-hybridized carbons (Fsp3) is 0.500. The number of nitrogens with one attached hydrogen (secondary N) is 1. The minimum absolute atomic E-state index is 0.197. The second-order valence-corrected chi connectivity index (χ2v) is 4.67. The molecule has 0 amide bonds. The third kappa shape index (κ3) is 4.31. The quantitative estimate of drug-likeness (QED) is 0.859. The summed E-state index contributed by atoms with van der Waals surface area (Å²) in [5, 5.41) is 3.36. The maximum absolute atomic E-state index is 13.2. The van der Waals surface area contributed by atoms with Crippen molar-refractivity contribution in [3.8, 4) is 0 Å². The summed E-state index contributed by atoms with van der Waals surface area (Å²) in [5.74, 6) is -0.197. The van der Waals surface area contributed by atoms with Crippen LogP contribution < -0.4 is 5.32 Å². The molecule has 0 saturated carbocycles. The van der Waals surface area contributed by atoms with Gasteiger partial charge in [0, 0.05) is 12.6 Å². The molecule has 0 spiro atoms. The van der Waals surface area contributed by atoms with Crippen LogP contribution >= 0.6 is 15.9 Å². The number of rotatable bonds is 5. The summed E-state index contributed by atoms with van der Waals surface area (Å²) in [7, 11) is 0. The zero-order valence-electron chi connectivity index (χ0n) is 9.19. The third-order valence-corrected chi connectivity index (χ3v) is 3.00. The van der Waals surface area contributed by atoms with E-state index in [1.807, 2.05) is 6.07 Å². The maximum Gasteiger partial charge on any atom is 0.137 e. The van der Waals surface area contributed by atoms with Gasteiger partial charge in [-0.2, -0.15) is 0 Å². The first-order valence-electron chi connectivity index (χ1n) is 5.30. The molecule has 0 aliphatic carbocycles. The Bertz CT molecular complexity index is 314. The van der Waals surface area contributed by atoms with Crippen LogP contribution in [0.25, 0.3) is 0 Å². The van der Waals surface area contributed by atoms with Gasteiger partial charge in [0.15, 0.2) is 0 Å². The second kappa shape index (κ2) is 6.23. The van der Waals surface area contributed by atoms with Gasteiger partial charge in [-0.3, -0.25) is 0 Å². The van der Waals surface area contributed by atoms with Crippen molar-refractivity contribution in [1.29, 1.82) is 0 Å². The van der Waals surface area contributed by atoms with E-state index in [2.05, 4.69) is 35.1 Å². The van der Waals surface area contributed by atoms with Crippen LogP contribution in [-0.2, 0) is 6.54 Å². The van der Waals surface area contributed by atoms with Gasteiger partial charge in [0.25, 0.3) is 0 Å². The highest BCUT2D eigenvalue weighted by Crippen LogP contribution is 2.16. The number of benzene rings is 1. The highest BCUT2D eigenvalue weighted by Gasteiger charge is 2.02. The standard InChI is InChI=1S/C12H17BrFN/c1-3-4-9(2)15-8-10-5-6-11(13)12(14)7-10/h5-7,9,15H,3-4,8H2,1-2H3. The Morgan fingerprint density at radius 1 is 1.47 bits per heavy atom. The van der Waals surface area contributed by atoms with Crippen molar-refractivity contribution in [2.24, 2.45) is 0 Å². The molecule has 84 valence electrons. The zero-order chi connectivity index (χ0) is 11.3. The first-order chi connectivity index (χ1) is 7.13. The Hall–Kier alpha value is -0.410. The summed E-state index contributed by atoms with van der Waals surface area (Å²) in [6, 6.07) is 5.73. The molecule has 1 aromatic carbocycles. The molecule has 3 heteroatoms. The summed E-state index contributed by atoms with van der Waals surface area (Å²) < 4.78 is 13.7. The van der Waals surface area contributed by atoms with E-state index >= 15 is 0 Å². The van der Waals surface area contributed by atoms with Crippen molar-refractivity contribution in [3.05, 3.63) is 34.1 Å². The third-order valence-electron chi connectivity index (χ3n) is 2.36. The molecule has 0 fully saturated rings. The largest absolute Gasteiger partial charge is 0.310 e. The minimum atomic E-state index is -0.197. The van der Waals surface area contributed by atoms with Gasteiger partial charge in [-0.25, -0.2) is 4.39 Å². The molecule has 1 unspecified atom stereocenters. The Balaban J connectivity index is 2.47. The van der Waals surface area contributed by atoms with E-state index in [0.717, 1.165) is 18.5 Å². The molecular formula is C12H17BrFN. The lowest BCUT2D eigenvalue weighted by Gasteiger charge is -2.12. The average Bonchev–Trinajstić information content (AvgIpc) is 2.20. The summed E-state index contributed by atoms with van der Waals surface area (Å²) >= 11 is 3.14. The Morgan fingerprint density at radius 3 is 2.80 bits per heavy atom. The number of halogens is 2. The van der Waals surface area contributed by atoms with Gasteiger partial charge in [0.2, 0.25) is 0 Å². The molecule has 0 aliphatic rings. The zero-order valence-corrected chi connectivity index (χ0v) is 10.8. The van der Waals surface area contributed by atoms with E-state index in [-0.39, 0.29) is 5.82 Å². The number of hydrogen-bond acceptors (Lipinski definition) is 1. The van der Waals surface area contributed by atoms with Crippen LogP contribution in [0, 0.1) is 5.82 Å². The minimum Gasteiger partial charge on any atom is -0.310 e. The molecule has 0 saturated heterocycles. The highest BCUT2D eigenvalue weighted by atomic mass is 79.9. The van der Waals surface area contributed by atoms with E-state index in [4.69, 9.17) is 0 Å². The Labute approximate surface area is 99.2 Å². The molecule has 1 aromatic rings. The molecule has 15 heavy (non-hydrogen) atoms. The van der Waals surface area contributed by atoms with Crippen LogP contribution in [0.3, 0.4) is 0 Å². The topological polar surface area (TPSA) is 12.0 Å². The molecule has 1 atom stereocenters. The van der Waals surface area contributed by atoms with Crippen LogP contribution in [0.4, 0.5) is 4.39 Å². The van der Waals surface area contributed by atoms with Crippen molar-refractivity contribution >= 4 is 15.9 Å². The summed E-state index contributed by atoms with van der Waals surface area (Å²) in [6.07, 6.45) is 2.32. The van der Waals surface area contributed by atoms with Crippen molar-refractivity contribution < 1.29 is 4.39 Å². The van der Waals surface area contributed by atoms with Gasteiger partial charge in [-0.1, -0.05) is 19.4 Å². The van der Waals surface area contributed by atoms with Crippen LogP contribution in [0.2, 0.25) is 0 Å². The average molecular weight is 274 g/mol. The van der Waals surface area contributed by atoms with Crippen LogP contribution in [0.5, 0.6) is 0 Å². The van der Waals surface area contributed by atoms with Gasteiger partial charge < -0.3 is 5.32 Å². The van der Waals surface area contributed by atoms with E-state index in [1.54, 1.807) is 12.1 Å². The molecule has 0 aliphatic heterocycles. The van der Waals surface area contributed by atoms with Crippen molar-refractivity contribution in [2.45, 2.75) is 39.3 Å². The van der Waals surface area contributed by atoms with Crippen LogP contribution in [0.1, 0.15) is 32.3 Å². The first kappa shape index (κ1) is 12.7. The van der Waals surface area contributed by atoms with Gasteiger partial charge in [-0.15, -0.1) is 0 Å². The monoisotopic (exact) mass is 273 g/mol. The predicted molar refractivity (Wildman–Crippen MR) is 65.3 cm³/mol. The van der Waals surface area contributed by atoms with E-state index in [1.165, 1.54) is 6.42 Å². The van der Waals surface area contributed by atoms with Crippen molar-refractivity contribution in [3.63, 3.8) is 0 Å². The fourth-order valence-electron chi connectivity index (χ4n) is 1.48. The van der Waals surface area contributed by atoms with Gasteiger partial charge >= 0.3 is 0 Å². The van der Waals surface area contributed by atoms with Crippen LogP contribution in [-0.4, -0.2) is 6.04 Å². The second-order valence-electron chi connectivity index (χ2n) is 3.82. The molecule has 0 heterocycles. The van der Waals surface area contributed by atoms with Crippen LogP contribution in [0.15, 0.2) is 22.7 Å². The van der Waals surface area contributed by atoms with Gasteiger partial charge in [0.05, 0.1) is 4.47 Å². The number of hydrogen-bond donors (Lipinski definition) is 1. The Kier molecular flexibility index (Phi) is 5.26. The van der Waals surface area contributed by atoms with Gasteiger partial charge in [0.1, 0.15) is 5.82 Å². The lowest BCUT2D eigenvalue weighted by Crippen LogP contribution is -2.25. The van der Waals surface area contributed by atoms with Crippen molar-refractivity contribution in [2.75, 3.05) is 0 Å².